The van der Waals surface area contributed by atoms with Gasteiger partial charge in [0.1, 0.15) is 6.33 Å². The third-order valence-corrected chi connectivity index (χ3v) is 1.85. The zero-order valence-electron chi connectivity index (χ0n) is 7.48. The van der Waals surface area contributed by atoms with Crippen molar-refractivity contribution in [3.8, 4) is 0 Å². The number of nitrogens with two attached hydrogens (primary N) is 1. The summed E-state index contributed by atoms with van der Waals surface area (Å²) in [6, 6.07) is -0.0175. The molecule has 0 spiro atoms. The van der Waals surface area contributed by atoms with E-state index in [1.54, 1.807) is 6.33 Å². The van der Waals surface area contributed by atoms with Crippen molar-refractivity contribution in [1.29, 1.82) is 0 Å². The van der Waals surface area contributed by atoms with Crippen molar-refractivity contribution in [2.24, 2.45) is 12.9 Å². The summed E-state index contributed by atoms with van der Waals surface area (Å²) in [7, 11) is 1.87. The van der Waals surface area contributed by atoms with Crippen LogP contribution in [0.1, 0.15) is 18.8 Å². The minimum Gasteiger partial charge on any atom is -0.352 e. The Balaban J connectivity index is 2.63. The molecule has 1 heterocycles. The molecule has 0 aliphatic heterocycles. The van der Waals surface area contributed by atoms with Gasteiger partial charge in [0.05, 0.1) is 6.04 Å². The standard InChI is InChI=1S/C6H12N6S/c1-4(9-6(13)10-7)5-11-8-3-12(5)2/h3-4H,7H2,1-2H3,(H2,9,10,13). The second kappa shape index (κ2) is 4.15. The summed E-state index contributed by atoms with van der Waals surface area (Å²) in [5.74, 6) is 5.92. The van der Waals surface area contributed by atoms with E-state index in [4.69, 9.17) is 18.1 Å². The van der Waals surface area contributed by atoms with Gasteiger partial charge in [-0.25, -0.2) is 5.84 Å². The summed E-state index contributed by atoms with van der Waals surface area (Å²) in [5, 5.41) is 11.0. The number of thiocarbonyl (C=S) groups is 1. The first-order valence-corrected chi connectivity index (χ1v) is 4.17. The first kappa shape index (κ1) is 9.87. The molecule has 0 saturated carbocycles. The summed E-state index contributed by atoms with van der Waals surface area (Å²) in [6.45, 7) is 1.92. The first-order chi connectivity index (χ1) is 6.15. The summed E-state index contributed by atoms with van der Waals surface area (Å²) in [4.78, 5) is 0. The second-order valence-electron chi connectivity index (χ2n) is 2.64. The molecule has 1 unspecified atom stereocenters. The number of nitrogens with zero attached hydrogens (tertiary/aromatic N) is 3. The zero-order valence-corrected chi connectivity index (χ0v) is 8.30. The Labute approximate surface area is 81.5 Å². The molecule has 0 amide bonds. The van der Waals surface area contributed by atoms with Crippen LogP contribution in [-0.2, 0) is 7.05 Å². The SMILES string of the molecule is CC(NC(=S)NN)c1nncn1C. The van der Waals surface area contributed by atoms with Crippen LogP contribution < -0.4 is 16.6 Å². The predicted molar refractivity (Wildman–Crippen MR) is 52.5 cm³/mol. The van der Waals surface area contributed by atoms with Gasteiger partial charge < -0.3 is 15.3 Å². The number of hydrogen-bond acceptors (Lipinski definition) is 4. The fourth-order valence-corrected chi connectivity index (χ4v) is 1.16. The number of nitrogens with one attached hydrogen (secondary N) is 2. The van der Waals surface area contributed by atoms with E-state index >= 15 is 0 Å². The Morgan fingerprint density at radius 2 is 2.46 bits per heavy atom. The monoisotopic (exact) mass is 200 g/mol. The van der Waals surface area contributed by atoms with Gasteiger partial charge in [0.25, 0.3) is 0 Å². The molecular formula is C6H12N6S. The molecule has 7 heteroatoms. The average molecular weight is 200 g/mol. The van der Waals surface area contributed by atoms with E-state index in [-0.39, 0.29) is 6.04 Å². The highest BCUT2D eigenvalue weighted by Crippen LogP contribution is 2.05. The fraction of sp³-hybridized carbons (Fsp3) is 0.500. The summed E-state index contributed by atoms with van der Waals surface area (Å²) in [5.41, 5.74) is 2.34. The van der Waals surface area contributed by atoms with Crippen LogP contribution in [-0.4, -0.2) is 19.9 Å². The van der Waals surface area contributed by atoms with Crippen molar-refractivity contribution >= 4 is 17.3 Å². The van der Waals surface area contributed by atoms with Gasteiger partial charge in [-0.15, -0.1) is 10.2 Å². The van der Waals surface area contributed by atoms with Crippen LogP contribution in [0.3, 0.4) is 0 Å². The smallest absolute Gasteiger partial charge is 0.181 e. The molecule has 6 nitrogen and oxygen atoms in total. The van der Waals surface area contributed by atoms with Gasteiger partial charge >= 0.3 is 0 Å². The van der Waals surface area contributed by atoms with Crippen molar-refractivity contribution in [3.05, 3.63) is 12.2 Å². The first-order valence-electron chi connectivity index (χ1n) is 3.76. The maximum atomic E-state index is 5.12. The van der Waals surface area contributed by atoms with Crippen LogP contribution >= 0.6 is 12.2 Å². The largest absolute Gasteiger partial charge is 0.352 e. The van der Waals surface area contributed by atoms with Gasteiger partial charge in [0.2, 0.25) is 0 Å². The lowest BCUT2D eigenvalue weighted by Crippen LogP contribution is -2.41. The molecule has 72 valence electrons. The third kappa shape index (κ3) is 2.36. The van der Waals surface area contributed by atoms with Gasteiger partial charge in [-0.1, -0.05) is 0 Å². The molecule has 13 heavy (non-hydrogen) atoms. The molecule has 0 saturated heterocycles. The average Bonchev–Trinajstić information content (AvgIpc) is 2.51. The van der Waals surface area contributed by atoms with Gasteiger partial charge in [-0.05, 0) is 19.1 Å². The summed E-state index contributed by atoms with van der Waals surface area (Å²) >= 11 is 4.84. The molecule has 0 fully saturated rings. The van der Waals surface area contributed by atoms with E-state index in [2.05, 4.69) is 20.9 Å². The number of hydrogen-bond donors (Lipinski definition) is 3. The van der Waals surface area contributed by atoms with E-state index in [0.29, 0.717) is 5.11 Å². The van der Waals surface area contributed by atoms with Gasteiger partial charge in [0.15, 0.2) is 10.9 Å². The molecule has 0 aromatic carbocycles. The Morgan fingerprint density at radius 1 is 1.77 bits per heavy atom. The highest BCUT2D eigenvalue weighted by atomic mass is 32.1. The molecule has 4 N–H and O–H groups in total. The van der Waals surface area contributed by atoms with E-state index in [9.17, 15) is 0 Å². The Kier molecular flexibility index (Phi) is 3.15. The Morgan fingerprint density at radius 3 is 2.92 bits per heavy atom. The van der Waals surface area contributed by atoms with Gasteiger partial charge in [0, 0.05) is 7.05 Å². The van der Waals surface area contributed by atoms with Crippen molar-refractivity contribution in [2.45, 2.75) is 13.0 Å². The molecule has 1 aromatic rings. The second-order valence-corrected chi connectivity index (χ2v) is 3.05. The molecule has 1 aromatic heterocycles. The number of aromatic nitrogens is 3. The minimum atomic E-state index is -0.0175. The van der Waals surface area contributed by atoms with Crippen LogP contribution in [0.25, 0.3) is 0 Å². The van der Waals surface area contributed by atoms with E-state index in [0.717, 1.165) is 5.82 Å². The summed E-state index contributed by atoms with van der Waals surface area (Å²) < 4.78 is 1.82. The lowest BCUT2D eigenvalue weighted by atomic mass is 10.3. The van der Waals surface area contributed by atoms with Crippen molar-refractivity contribution in [1.82, 2.24) is 25.5 Å². The van der Waals surface area contributed by atoms with Crippen molar-refractivity contribution in [3.63, 3.8) is 0 Å². The number of aryl methyl sites for hydroxylation is 1. The number of hydrazine groups is 1. The van der Waals surface area contributed by atoms with Gasteiger partial charge in [-0.3, -0.25) is 0 Å². The van der Waals surface area contributed by atoms with Crippen molar-refractivity contribution < 1.29 is 0 Å². The normalized spacial score (nSPS) is 12.2. The molecule has 0 bridgehead atoms. The maximum Gasteiger partial charge on any atom is 0.181 e. The quantitative estimate of drug-likeness (QED) is 0.330. The van der Waals surface area contributed by atoms with Gasteiger partial charge in [-0.2, -0.15) is 0 Å². The van der Waals surface area contributed by atoms with E-state index in [1.807, 2.05) is 18.5 Å². The zero-order chi connectivity index (χ0) is 9.84. The molecule has 1 rings (SSSR count). The summed E-state index contributed by atoms with van der Waals surface area (Å²) in [6.07, 6.45) is 1.63. The topological polar surface area (TPSA) is 80.8 Å². The van der Waals surface area contributed by atoms with Crippen LogP contribution in [0.4, 0.5) is 0 Å². The molecule has 0 aliphatic carbocycles. The highest BCUT2D eigenvalue weighted by molar-refractivity contribution is 7.80. The third-order valence-electron chi connectivity index (χ3n) is 1.61. The van der Waals surface area contributed by atoms with E-state index in [1.165, 1.54) is 0 Å². The van der Waals surface area contributed by atoms with E-state index < -0.39 is 0 Å². The van der Waals surface area contributed by atoms with Crippen molar-refractivity contribution in [2.75, 3.05) is 0 Å². The highest BCUT2D eigenvalue weighted by Gasteiger charge is 2.11. The lowest BCUT2D eigenvalue weighted by molar-refractivity contribution is 0.620. The minimum absolute atomic E-state index is 0.0175. The van der Waals surface area contributed by atoms with Crippen LogP contribution in [0, 0.1) is 0 Å². The van der Waals surface area contributed by atoms with Crippen LogP contribution in [0.15, 0.2) is 6.33 Å². The Bertz CT molecular complexity index is 295. The maximum absolute atomic E-state index is 5.12. The Hall–Kier alpha value is -1.21. The molecule has 1 atom stereocenters. The molecule has 0 radical (unpaired) electrons. The van der Waals surface area contributed by atoms with Crippen LogP contribution in [0.5, 0.6) is 0 Å². The number of rotatable bonds is 2. The molecule has 0 aliphatic rings. The molecular weight excluding hydrogens is 188 g/mol. The van der Waals surface area contributed by atoms with Crippen LogP contribution in [0.2, 0.25) is 0 Å². The predicted octanol–water partition coefficient (Wildman–Crippen LogP) is -0.786. The fourth-order valence-electron chi connectivity index (χ4n) is 0.987. The lowest BCUT2D eigenvalue weighted by Gasteiger charge is -2.13.